The Kier molecular flexibility index (Phi) is 14.1. The zero-order valence-electron chi connectivity index (χ0n) is 35.8. The third kappa shape index (κ3) is 10.1. The van der Waals surface area contributed by atoms with E-state index in [0.717, 1.165) is 93.4 Å². The van der Waals surface area contributed by atoms with E-state index in [1.807, 2.05) is 19.9 Å². The number of esters is 1. The van der Waals surface area contributed by atoms with Gasteiger partial charge in [-0.1, -0.05) is 25.0 Å². The molecule has 1 saturated heterocycles. The molecule has 0 spiro atoms. The minimum absolute atomic E-state index is 0.0102. The van der Waals surface area contributed by atoms with Gasteiger partial charge in [-0.15, -0.1) is 0 Å². The Morgan fingerprint density at radius 1 is 1.05 bits per heavy atom. The van der Waals surface area contributed by atoms with Crippen molar-refractivity contribution in [3.8, 4) is 5.75 Å². The lowest BCUT2D eigenvalue weighted by Gasteiger charge is -2.32. The largest absolute Gasteiger partial charge is 0.492 e. The first-order chi connectivity index (χ1) is 28.6. The van der Waals surface area contributed by atoms with Crippen LogP contribution in [0.2, 0.25) is 0 Å². The van der Waals surface area contributed by atoms with Crippen molar-refractivity contribution < 1.29 is 32.3 Å². The standard InChI is InChI=1S/C44H60N8O7S/c1-28-29(2)49-50-41(28)48-42-33-24-38(60(56,57)44(3,4)5)37(25-35(33)46-27-47-42)59-23-19-30-17-21-51(22-18-30)20-10-8-7-9-12-31-13-11-14-32-34(31)26-52(43(32)55)36(40(45)54)15-16-39(53)58-6/h11,13-14,24-25,27,30,36H,7-10,12,15-23,26H2,1-6H3,(H2,45,54)(H2,46,47,48,49,50). The Bertz CT molecular complexity index is 2300. The quantitative estimate of drug-likeness (QED) is 0.0700. The van der Waals surface area contributed by atoms with Crippen LogP contribution in [0.5, 0.6) is 5.75 Å². The highest BCUT2D eigenvalue weighted by Crippen LogP contribution is 2.38. The Hall–Kier alpha value is -5.09. The topological polar surface area (TPSA) is 203 Å². The molecule has 1 unspecified atom stereocenters. The van der Waals surface area contributed by atoms with E-state index < -0.39 is 32.5 Å². The van der Waals surface area contributed by atoms with Gasteiger partial charge in [-0.05, 0) is 128 Å². The van der Waals surface area contributed by atoms with Crippen LogP contribution in [0.15, 0.2) is 41.6 Å². The molecule has 0 aliphatic carbocycles. The average Bonchev–Trinajstić information content (AvgIpc) is 3.72. The number of carbonyl (C=O) groups is 3. The number of nitrogens with one attached hydrogen (secondary N) is 2. The summed E-state index contributed by atoms with van der Waals surface area (Å²) in [6, 6.07) is 8.23. The summed E-state index contributed by atoms with van der Waals surface area (Å²) in [6.45, 7) is 12.8. The summed E-state index contributed by atoms with van der Waals surface area (Å²) in [6.07, 6.45) is 9.71. The fraction of sp³-hybridized carbons (Fsp3) is 0.545. The fourth-order valence-electron chi connectivity index (χ4n) is 8.09. The molecule has 15 nitrogen and oxygen atoms in total. The van der Waals surface area contributed by atoms with Crippen LogP contribution < -0.4 is 15.8 Å². The molecular weight excluding hydrogens is 785 g/mol. The fourth-order valence-corrected chi connectivity index (χ4v) is 9.40. The highest BCUT2D eigenvalue weighted by molar-refractivity contribution is 7.92. The molecule has 0 bridgehead atoms. The molecule has 1 atom stereocenters. The maximum atomic E-state index is 13.9. The predicted molar refractivity (Wildman–Crippen MR) is 230 cm³/mol. The Morgan fingerprint density at radius 3 is 2.48 bits per heavy atom. The van der Waals surface area contributed by atoms with E-state index in [1.165, 1.54) is 18.3 Å². The number of methoxy groups -OCH3 is 1. The number of primary amides is 1. The minimum Gasteiger partial charge on any atom is -0.492 e. The molecular formula is C44H60N8O7S. The Morgan fingerprint density at radius 2 is 1.80 bits per heavy atom. The predicted octanol–water partition coefficient (Wildman–Crippen LogP) is 6.33. The van der Waals surface area contributed by atoms with Gasteiger partial charge in [0.05, 0.1) is 24.0 Å². The molecule has 16 heteroatoms. The van der Waals surface area contributed by atoms with Crippen molar-refractivity contribution in [2.75, 3.05) is 38.7 Å². The molecule has 1 fully saturated rings. The maximum absolute atomic E-state index is 13.9. The highest BCUT2D eigenvalue weighted by atomic mass is 32.2. The summed E-state index contributed by atoms with van der Waals surface area (Å²) in [4.78, 5) is 50.2. The molecule has 6 rings (SSSR count). The number of rotatable bonds is 19. The SMILES string of the molecule is COC(=O)CCC(C(N)=O)N1Cc2c(CCCCCCN3CCC(CCOc4cc5ncnc(Nc6n[nH]c(C)c6C)c5cc4S(=O)(=O)C(C)(C)C)CC3)cccc2C1=O. The number of amides is 2. The number of ether oxygens (including phenoxy) is 2. The van der Waals surface area contributed by atoms with E-state index >= 15 is 0 Å². The lowest BCUT2D eigenvalue weighted by atomic mass is 9.93. The van der Waals surface area contributed by atoms with E-state index in [-0.39, 0.29) is 23.6 Å². The number of aromatic amines is 1. The number of benzene rings is 2. The monoisotopic (exact) mass is 844 g/mol. The van der Waals surface area contributed by atoms with E-state index in [4.69, 9.17) is 15.2 Å². The molecule has 60 heavy (non-hydrogen) atoms. The number of carbonyl (C=O) groups excluding carboxylic acids is 3. The van der Waals surface area contributed by atoms with Gasteiger partial charge in [0, 0.05) is 41.2 Å². The van der Waals surface area contributed by atoms with Crippen molar-refractivity contribution in [2.45, 2.75) is 121 Å². The molecule has 2 aliphatic heterocycles. The van der Waals surface area contributed by atoms with Gasteiger partial charge in [0.15, 0.2) is 15.7 Å². The summed E-state index contributed by atoms with van der Waals surface area (Å²) in [5.41, 5.74) is 10.8. The number of H-pyrrole nitrogens is 1. The zero-order valence-corrected chi connectivity index (χ0v) is 36.6. The average molecular weight is 845 g/mol. The normalized spacial score (nSPS) is 15.6. The number of unbranched alkanes of at least 4 members (excludes halogenated alkanes) is 3. The van der Waals surface area contributed by atoms with E-state index in [9.17, 15) is 22.8 Å². The second kappa shape index (κ2) is 19.1. The first-order valence-electron chi connectivity index (χ1n) is 21.0. The van der Waals surface area contributed by atoms with Crippen molar-refractivity contribution in [1.82, 2.24) is 30.0 Å². The number of nitrogens with two attached hydrogens (primary N) is 1. The van der Waals surface area contributed by atoms with Crippen LogP contribution in [-0.4, -0.2) is 100 Å². The molecule has 2 aromatic carbocycles. The van der Waals surface area contributed by atoms with E-state index in [0.29, 0.717) is 52.9 Å². The number of anilines is 2. The van der Waals surface area contributed by atoms with Crippen LogP contribution in [0.25, 0.3) is 10.9 Å². The van der Waals surface area contributed by atoms with Gasteiger partial charge in [-0.3, -0.25) is 19.5 Å². The number of sulfone groups is 1. The molecule has 324 valence electrons. The van der Waals surface area contributed by atoms with E-state index in [2.05, 4.69) is 36.4 Å². The number of piperidine rings is 1. The highest BCUT2D eigenvalue weighted by Gasteiger charge is 2.37. The van der Waals surface area contributed by atoms with Gasteiger partial charge < -0.3 is 30.3 Å². The molecule has 2 aromatic heterocycles. The van der Waals surface area contributed by atoms with Crippen LogP contribution in [0.1, 0.15) is 111 Å². The number of likely N-dealkylation sites (tertiary alicyclic amines) is 1. The van der Waals surface area contributed by atoms with Crippen molar-refractivity contribution in [2.24, 2.45) is 11.7 Å². The molecule has 4 aromatic rings. The van der Waals surface area contributed by atoms with Gasteiger partial charge in [0.1, 0.15) is 28.8 Å². The molecule has 4 heterocycles. The van der Waals surface area contributed by atoms with Crippen molar-refractivity contribution in [1.29, 1.82) is 0 Å². The first-order valence-corrected chi connectivity index (χ1v) is 22.5. The summed E-state index contributed by atoms with van der Waals surface area (Å²) in [5, 5.41) is 11.1. The van der Waals surface area contributed by atoms with Gasteiger partial charge >= 0.3 is 5.97 Å². The third-order valence-electron chi connectivity index (χ3n) is 12.1. The molecule has 4 N–H and O–H groups in total. The van der Waals surface area contributed by atoms with E-state index in [1.54, 1.807) is 39.0 Å². The molecule has 2 amide bonds. The first kappa shape index (κ1) is 44.5. The summed E-state index contributed by atoms with van der Waals surface area (Å²) < 4.78 is 37.8. The number of hydrogen-bond donors (Lipinski definition) is 3. The van der Waals surface area contributed by atoms with Crippen LogP contribution in [0.4, 0.5) is 11.6 Å². The molecule has 0 radical (unpaired) electrons. The second-order valence-corrected chi connectivity index (χ2v) is 19.8. The third-order valence-corrected chi connectivity index (χ3v) is 14.6. The van der Waals surface area contributed by atoms with Gasteiger partial charge in [-0.2, -0.15) is 5.10 Å². The van der Waals surface area contributed by atoms with Crippen molar-refractivity contribution in [3.63, 3.8) is 0 Å². The lowest BCUT2D eigenvalue weighted by Crippen LogP contribution is -2.45. The van der Waals surface area contributed by atoms with Crippen LogP contribution in [0.3, 0.4) is 0 Å². The smallest absolute Gasteiger partial charge is 0.305 e. The Balaban J connectivity index is 0.953. The second-order valence-electron chi connectivity index (χ2n) is 17.1. The van der Waals surface area contributed by atoms with Gasteiger partial charge in [0.25, 0.3) is 5.91 Å². The number of nitrogens with zero attached hydrogens (tertiary/aromatic N) is 5. The zero-order chi connectivity index (χ0) is 43.2. The number of hydrogen-bond acceptors (Lipinski definition) is 12. The van der Waals surface area contributed by atoms with Gasteiger partial charge in [-0.25, -0.2) is 18.4 Å². The minimum atomic E-state index is -3.78. The molecule has 0 saturated carbocycles. The lowest BCUT2D eigenvalue weighted by molar-refractivity contribution is -0.141. The molecule has 2 aliphatic rings. The summed E-state index contributed by atoms with van der Waals surface area (Å²) >= 11 is 0. The summed E-state index contributed by atoms with van der Waals surface area (Å²) in [5.74, 6) is 0.583. The summed E-state index contributed by atoms with van der Waals surface area (Å²) in [7, 11) is -2.49. The van der Waals surface area contributed by atoms with Crippen LogP contribution in [-0.2, 0) is 37.1 Å². The maximum Gasteiger partial charge on any atom is 0.305 e. The number of aromatic nitrogens is 4. The number of fused-ring (bicyclic) bond motifs is 2. The van der Waals surface area contributed by atoms with Crippen molar-refractivity contribution >= 4 is 50.2 Å². The number of aryl methyl sites for hydroxylation is 2. The van der Waals surface area contributed by atoms with Crippen LogP contribution in [0, 0.1) is 19.8 Å². The Labute approximate surface area is 353 Å². The van der Waals surface area contributed by atoms with Crippen molar-refractivity contribution in [3.05, 3.63) is 64.6 Å². The van der Waals surface area contributed by atoms with Gasteiger partial charge in [0.2, 0.25) is 5.91 Å². The van der Waals surface area contributed by atoms with Crippen LogP contribution >= 0.6 is 0 Å².